The lowest BCUT2D eigenvalue weighted by atomic mass is 9.77. The number of hydrogen-bond acceptors (Lipinski definition) is 4. The van der Waals surface area contributed by atoms with Gasteiger partial charge in [0.25, 0.3) is 0 Å². The van der Waals surface area contributed by atoms with Crippen LogP contribution in [0.15, 0.2) is 89.4 Å². The molecule has 3 aliphatic rings. The summed E-state index contributed by atoms with van der Waals surface area (Å²) < 4.78 is 20.1. The molecule has 0 aromatic heterocycles. The summed E-state index contributed by atoms with van der Waals surface area (Å²) in [5.41, 5.74) is 10.2. The summed E-state index contributed by atoms with van der Waals surface area (Å²) in [7, 11) is 5.81. The largest absolute Gasteiger partial charge is 0.497 e. The van der Waals surface area contributed by atoms with E-state index in [1.54, 1.807) is 7.11 Å². The fourth-order valence-corrected chi connectivity index (χ4v) is 7.84. The van der Waals surface area contributed by atoms with Gasteiger partial charge < -0.3 is 19.1 Å². The molecule has 0 saturated heterocycles. The van der Waals surface area contributed by atoms with Crippen molar-refractivity contribution in [2.45, 2.75) is 24.9 Å². The molecule has 0 saturated carbocycles. The fourth-order valence-electron chi connectivity index (χ4n) is 7.11. The van der Waals surface area contributed by atoms with Crippen LogP contribution < -0.4 is 19.1 Å². The molecule has 1 unspecified atom stereocenters. The molecule has 0 bridgehead atoms. The smallest absolute Gasteiger partial charge is 0.178 e. The van der Waals surface area contributed by atoms with Crippen molar-refractivity contribution in [3.63, 3.8) is 0 Å². The molecule has 1 aliphatic carbocycles. The number of rotatable bonds is 4. The minimum absolute atomic E-state index is 0.718. The molecule has 214 valence electrons. The van der Waals surface area contributed by atoms with E-state index in [0.717, 1.165) is 69.8 Å². The third-order valence-corrected chi connectivity index (χ3v) is 9.91. The van der Waals surface area contributed by atoms with Crippen LogP contribution in [0.5, 0.6) is 17.2 Å². The summed E-state index contributed by atoms with van der Waals surface area (Å²) in [5.74, 6) is 2.69. The van der Waals surface area contributed by atoms with Crippen LogP contribution in [0.2, 0.25) is 0 Å². The highest BCUT2D eigenvalue weighted by atomic mass is 79.9. The molecule has 2 aliphatic heterocycles. The van der Waals surface area contributed by atoms with Gasteiger partial charge in [-0.2, -0.15) is 0 Å². The van der Waals surface area contributed by atoms with Crippen LogP contribution in [0.1, 0.15) is 33.4 Å². The Morgan fingerprint density at radius 3 is 2.44 bits per heavy atom. The Kier molecular flexibility index (Phi) is 6.09. The molecular weight excluding hydrogens is 598 g/mol. The van der Waals surface area contributed by atoms with Crippen LogP contribution in [0.4, 0.5) is 5.69 Å². The van der Waals surface area contributed by atoms with Crippen LogP contribution >= 0.6 is 15.9 Å². The Balaban J connectivity index is 1.41. The van der Waals surface area contributed by atoms with Crippen molar-refractivity contribution in [1.82, 2.24) is 0 Å². The van der Waals surface area contributed by atoms with Crippen LogP contribution in [0.25, 0.3) is 28.0 Å². The lowest BCUT2D eigenvalue weighted by Gasteiger charge is -2.38. The van der Waals surface area contributed by atoms with E-state index >= 15 is 0 Å². The summed E-state index contributed by atoms with van der Waals surface area (Å²) in [4.78, 5) is 2.11. The summed E-state index contributed by atoms with van der Waals surface area (Å²) in [6.45, 7) is 0.718. The Morgan fingerprint density at radius 2 is 1.65 bits per heavy atom. The second kappa shape index (κ2) is 9.92. The number of methoxy groups -OCH3 is 1. The molecule has 0 fully saturated rings. The van der Waals surface area contributed by atoms with E-state index in [0.29, 0.717) is 0 Å². The van der Waals surface area contributed by atoms with Gasteiger partial charge in [0.15, 0.2) is 5.60 Å². The lowest BCUT2D eigenvalue weighted by Crippen LogP contribution is -2.35. The molecule has 4 nitrogen and oxygen atoms in total. The van der Waals surface area contributed by atoms with Gasteiger partial charge in [0.05, 0.1) is 19.4 Å². The quantitative estimate of drug-likeness (QED) is 0.199. The van der Waals surface area contributed by atoms with Gasteiger partial charge in [0.1, 0.15) is 17.2 Å². The molecule has 0 spiro atoms. The average molecular weight is 631 g/mol. The molecular formula is C38H32BrNO3. The third kappa shape index (κ3) is 4.01. The summed E-state index contributed by atoms with van der Waals surface area (Å²) in [6, 6.07) is 28.2. The van der Waals surface area contributed by atoms with Gasteiger partial charge in [-0.3, -0.25) is 0 Å². The van der Waals surface area contributed by atoms with Crippen molar-refractivity contribution in [1.29, 1.82) is 0 Å². The van der Waals surface area contributed by atoms with Crippen molar-refractivity contribution in [2.24, 2.45) is 0 Å². The first-order valence-electron chi connectivity index (χ1n) is 14.8. The van der Waals surface area contributed by atoms with Gasteiger partial charge in [-0.15, -0.1) is 0 Å². The number of nitrogens with zero attached hydrogens (tertiary/aromatic N) is 1. The van der Waals surface area contributed by atoms with Crippen molar-refractivity contribution >= 4 is 38.5 Å². The SMILES string of the molecule is COc1ccc(C2(c3ccc(N(C)C)c(Br)c3)C=Cc3c4c(c5cc6c(cc5c3O2)OCC6)-c2ccccc2CC4)cc1. The number of benzene rings is 5. The first-order chi connectivity index (χ1) is 21.0. The number of ether oxygens (including phenoxy) is 3. The summed E-state index contributed by atoms with van der Waals surface area (Å²) in [6.07, 6.45) is 7.47. The zero-order valence-electron chi connectivity index (χ0n) is 24.5. The number of hydrogen-bond donors (Lipinski definition) is 0. The highest BCUT2D eigenvalue weighted by Gasteiger charge is 2.40. The highest BCUT2D eigenvalue weighted by molar-refractivity contribution is 9.10. The Bertz CT molecular complexity index is 1960. The highest BCUT2D eigenvalue weighted by Crippen LogP contribution is 2.53. The van der Waals surface area contributed by atoms with E-state index in [1.807, 2.05) is 12.1 Å². The van der Waals surface area contributed by atoms with E-state index in [2.05, 4.69) is 114 Å². The maximum absolute atomic E-state index is 7.43. The number of fused-ring (bicyclic) bond motifs is 9. The Labute approximate surface area is 260 Å². The lowest BCUT2D eigenvalue weighted by molar-refractivity contribution is 0.163. The minimum Gasteiger partial charge on any atom is -0.497 e. The monoisotopic (exact) mass is 629 g/mol. The average Bonchev–Trinajstić information content (AvgIpc) is 3.51. The Hall–Kier alpha value is -4.22. The van der Waals surface area contributed by atoms with Crippen molar-refractivity contribution in [3.8, 4) is 28.4 Å². The maximum Gasteiger partial charge on any atom is 0.178 e. The molecule has 1 atom stereocenters. The molecule has 43 heavy (non-hydrogen) atoms. The third-order valence-electron chi connectivity index (χ3n) is 9.27. The minimum atomic E-state index is -0.847. The molecule has 0 N–H and O–H groups in total. The van der Waals surface area contributed by atoms with E-state index in [9.17, 15) is 0 Å². The number of aryl methyl sites for hydroxylation is 1. The molecule has 0 radical (unpaired) electrons. The van der Waals surface area contributed by atoms with Crippen LogP contribution in [0, 0.1) is 0 Å². The number of halogens is 1. The summed E-state index contributed by atoms with van der Waals surface area (Å²) >= 11 is 3.85. The normalized spacial score (nSPS) is 17.8. The molecule has 2 heterocycles. The molecule has 5 heteroatoms. The molecule has 0 amide bonds. The van der Waals surface area contributed by atoms with E-state index < -0.39 is 5.60 Å². The van der Waals surface area contributed by atoms with E-state index in [4.69, 9.17) is 14.2 Å². The first-order valence-corrected chi connectivity index (χ1v) is 15.6. The van der Waals surface area contributed by atoms with Crippen LogP contribution in [0.3, 0.4) is 0 Å². The molecule has 8 rings (SSSR count). The maximum atomic E-state index is 7.43. The van der Waals surface area contributed by atoms with Gasteiger partial charge in [-0.25, -0.2) is 0 Å². The topological polar surface area (TPSA) is 30.9 Å². The molecule has 5 aromatic carbocycles. The van der Waals surface area contributed by atoms with Gasteiger partial charge in [-0.1, -0.05) is 48.5 Å². The second-order valence-electron chi connectivity index (χ2n) is 11.8. The van der Waals surface area contributed by atoms with Gasteiger partial charge in [0.2, 0.25) is 0 Å². The fraction of sp³-hybridized carbons (Fsp3) is 0.211. The van der Waals surface area contributed by atoms with Crippen molar-refractivity contribution in [2.75, 3.05) is 32.7 Å². The standard InChI is InChI=1S/C38H32BrNO3/c1-40(2)34-15-11-26(21-33(34)39)38(25-9-12-27(41-3)13-10-25)18-16-30-29-14-8-23-6-4-5-7-28(23)36(29)31-20-24-17-19-42-35(24)22-32(31)37(30)43-38/h4-7,9-13,15-16,18,20-22H,8,14,17,19H2,1-3H3. The first kappa shape index (κ1) is 26.4. The van der Waals surface area contributed by atoms with E-state index in [-0.39, 0.29) is 0 Å². The second-order valence-corrected chi connectivity index (χ2v) is 12.7. The van der Waals surface area contributed by atoms with Crippen LogP contribution in [-0.4, -0.2) is 27.8 Å². The van der Waals surface area contributed by atoms with Gasteiger partial charge in [-0.05, 0) is 104 Å². The molecule has 5 aromatic rings. The number of anilines is 1. The van der Waals surface area contributed by atoms with Crippen LogP contribution in [-0.2, 0) is 24.9 Å². The zero-order valence-corrected chi connectivity index (χ0v) is 26.1. The zero-order chi connectivity index (χ0) is 29.3. The van der Waals surface area contributed by atoms with Crippen molar-refractivity contribution in [3.05, 3.63) is 123 Å². The van der Waals surface area contributed by atoms with Crippen molar-refractivity contribution < 1.29 is 14.2 Å². The predicted octanol–water partition coefficient (Wildman–Crippen LogP) is 8.73. The Morgan fingerprint density at radius 1 is 0.837 bits per heavy atom. The predicted molar refractivity (Wildman–Crippen MR) is 178 cm³/mol. The van der Waals surface area contributed by atoms with Gasteiger partial charge in [0, 0.05) is 47.1 Å². The summed E-state index contributed by atoms with van der Waals surface area (Å²) in [5, 5.41) is 2.34. The van der Waals surface area contributed by atoms with Gasteiger partial charge >= 0.3 is 0 Å². The van der Waals surface area contributed by atoms with E-state index in [1.165, 1.54) is 38.8 Å².